The summed E-state index contributed by atoms with van der Waals surface area (Å²) in [5, 5.41) is 14.0. The summed E-state index contributed by atoms with van der Waals surface area (Å²) in [6.45, 7) is -0.0394. The number of aliphatic hydroxyl groups is 1. The van der Waals surface area contributed by atoms with Crippen molar-refractivity contribution >= 4 is 21.5 Å². The predicted molar refractivity (Wildman–Crippen MR) is 75.5 cm³/mol. The van der Waals surface area contributed by atoms with Crippen LogP contribution in [-0.2, 0) is 0 Å². The van der Waals surface area contributed by atoms with E-state index in [0.29, 0.717) is 0 Å². The average molecular weight is 237 g/mol. The Hall–Kier alpha value is -1.90. The molecule has 1 atom stereocenters. The standard InChI is InChI=1S/C16H15NO/c17-16(10-18)15-9-11-5-1-2-6-12(11)13-7-3-4-8-14(13)15/h1-9,16,18H,10,17H2/t16-/m0/s1. The molecule has 0 saturated heterocycles. The van der Waals surface area contributed by atoms with Gasteiger partial charge in [-0.25, -0.2) is 0 Å². The smallest absolute Gasteiger partial charge is 0.0624 e. The maximum absolute atomic E-state index is 9.29. The first-order valence-corrected chi connectivity index (χ1v) is 6.08. The van der Waals surface area contributed by atoms with E-state index in [1.54, 1.807) is 0 Å². The molecular formula is C16H15NO. The molecule has 2 heteroatoms. The van der Waals surface area contributed by atoms with E-state index in [-0.39, 0.29) is 12.6 Å². The fourth-order valence-electron chi connectivity index (χ4n) is 2.49. The van der Waals surface area contributed by atoms with Gasteiger partial charge in [-0.15, -0.1) is 0 Å². The summed E-state index contributed by atoms with van der Waals surface area (Å²) in [6, 6.07) is 18.2. The Morgan fingerprint density at radius 3 is 2.22 bits per heavy atom. The van der Waals surface area contributed by atoms with Crippen molar-refractivity contribution in [1.82, 2.24) is 0 Å². The molecular weight excluding hydrogens is 222 g/mol. The molecule has 3 aromatic carbocycles. The minimum atomic E-state index is -0.334. The molecule has 0 fully saturated rings. The number of fused-ring (bicyclic) bond motifs is 3. The van der Waals surface area contributed by atoms with Crippen LogP contribution in [-0.4, -0.2) is 11.7 Å². The molecule has 0 saturated carbocycles. The zero-order valence-corrected chi connectivity index (χ0v) is 10.0. The lowest BCUT2D eigenvalue weighted by atomic mass is 9.94. The van der Waals surface area contributed by atoms with Crippen LogP contribution in [0.1, 0.15) is 11.6 Å². The van der Waals surface area contributed by atoms with Crippen molar-refractivity contribution in [2.75, 3.05) is 6.61 Å². The van der Waals surface area contributed by atoms with Crippen molar-refractivity contribution in [3.63, 3.8) is 0 Å². The number of benzene rings is 3. The minimum Gasteiger partial charge on any atom is -0.394 e. The Morgan fingerprint density at radius 2 is 1.50 bits per heavy atom. The molecule has 2 nitrogen and oxygen atoms in total. The van der Waals surface area contributed by atoms with Gasteiger partial charge in [0.25, 0.3) is 0 Å². The molecule has 3 aromatic rings. The average Bonchev–Trinajstić information content (AvgIpc) is 2.45. The van der Waals surface area contributed by atoms with Gasteiger partial charge in [0.15, 0.2) is 0 Å². The van der Waals surface area contributed by atoms with Crippen LogP contribution in [0.4, 0.5) is 0 Å². The van der Waals surface area contributed by atoms with Gasteiger partial charge in [-0.1, -0.05) is 48.5 Å². The first-order chi connectivity index (χ1) is 8.81. The van der Waals surface area contributed by atoms with Crippen molar-refractivity contribution in [2.45, 2.75) is 6.04 Å². The molecule has 0 bridgehead atoms. The van der Waals surface area contributed by atoms with Gasteiger partial charge in [-0.05, 0) is 33.2 Å². The van der Waals surface area contributed by atoms with Crippen molar-refractivity contribution < 1.29 is 5.11 Å². The van der Waals surface area contributed by atoms with Gasteiger partial charge < -0.3 is 10.8 Å². The molecule has 0 aromatic heterocycles. The Bertz CT molecular complexity index is 706. The number of hydrogen-bond donors (Lipinski definition) is 2. The molecule has 0 radical (unpaired) electrons. The second-order valence-corrected chi connectivity index (χ2v) is 4.52. The minimum absolute atomic E-state index is 0.0394. The molecule has 0 heterocycles. The summed E-state index contributed by atoms with van der Waals surface area (Å²) in [5.74, 6) is 0. The summed E-state index contributed by atoms with van der Waals surface area (Å²) >= 11 is 0. The summed E-state index contributed by atoms with van der Waals surface area (Å²) in [6.07, 6.45) is 0. The van der Waals surface area contributed by atoms with E-state index in [4.69, 9.17) is 5.73 Å². The van der Waals surface area contributed by atoms with Crippen LogP contribution in [0.2, 0.25) is 0 Å². The SMILES string of the molecule is N[C@@H](CO)c1cc2ccccc2c2ccccc12. The monoisotopic (exact) mass is 237 g/mol. The molecule has 0 aliphatic heterocycles. The van der Waals surface area contributed by atoms with E-state index in [1.165, 1.54) is 10.8 Å². The third-order valence-corrected chi connectivity index (χ3v) is 3.40. The zero-order valence-electron chi connectivity index (χ0n) is 10.0. The molecule has 90 valence electrons. The number of nitrogens with two attached hydrogens (primary N) is 1. The van der Waals surface area contributed by atoms with Crippen LogP contribution in [0, 0.1) is 0 Å². The van der Waals surface area contributed by atoms with E-state index >= 15 is 0 Å². The van der Waals surface area contributed by atoms with Crippen LogP contribution < -0.4 is 5.73 Å². The van der Waals surface area contributed by atoms with E-state index in [9.17, 15) is 5.11 Å². The fourth-order valence-corrected chi connectivity index (χ4v) is 2.49. The largest absolute Gasteiger partial charge is 0.394 e. The van der Waals surface area contributed by atoms with Crippen LogP contribution >= 0.6 is 0 Å². The summed E-state index contributed by atoms with van der Waals surface area (Å²) in [5.41, 5.74) is 7.01. The van der Waals surface area contributed by atoms with Gasteiger partial charge in [0.05, 0.1) is 12.6 Å². The van der Waals surface area contributed by atoms with E-state index < -0.39 is 0 Å². The van der Waals surface area contributed by atoms with Gasteiger partial charge in [0.2, 0.25) is 0 Å². The second-order valence-electron chi connectivity index (χ2n) is 4.52. The Balaban J connectivity index is 2.46. The lowest BCUT2D eigenvalue weighted by Gasteiger charge is -2.14. The van der Waals surface area contributed by atoms with E-state index in [2.05, 4.69) is 30.3 Å². The highest BCUT2D eigenvalue weighted by molar-refractivity contribution is 6.09. The molecule has 0 spiro atoms. The molecule has 0 unspecified atom stereocenters. The Labute approximate surface area is 106 Å². The van der Waals surface area contributed by atoms with Gasteiger partial charge in [-0.3, -0.25) is 0 Å². The normalized spacial score (nSPS) is 13.0. The van der Waals surface area contributed by atoms with Crippen molar-refractivity contribution in [2.24, 2.45) is 5.73 Å². The van der Waals surface area contributed by atoms with Crippen LogP contribution in [0.15, 0.2) is 54.6 Å². The number of hydrogen-bond acceptors (Lipinski definition) is 2. The van der Waals surface area contributed by atoms with Crippen LogP contribution in [0.5, 0.6) is 0 Å². The Kier molecular flexibility index (Phi) is 2.74. The summed E-state index contributed by atoms with van der Waals surface area (Å²) in [4.78, 5) is 0. The van der Waals surface area contributed by atoms with Gasteiger partial charge in [-0.2, -0.15) is 0 Å². The van der Waals surface area contributed by atoms with E-state index in [0.717, 1.165) is 16.3 Å². The molecule has 0 aliphatic rings. The number of rotatable bonds is 2. The Morgan fingerprint density at radius 1 is 0.889 bits per heavy atom. The topological polar surface area (TPSA) is 46.2 Å². The lowest BCUT2D eigenvalue weighted by molar-refractivity contribution is 0.268. The van der Waals surface area contributed by atoms with Crippen LogP contribution in [0.3, 0.4) is 0 Å². The zero-order chi connectivity index (χ0) is 12.5. The first kappa shape index (κ1) is 11.2. The van der Waals surface area contributed by atoms with Gasteiger partial charge in [0, 0.05) is 0 Å². The van der Waals surface area contributed by atoms with Crippen molar-refractivity contribution in [3.8, 4) is 0 Å². The lowest BCUT2D eigenvalue weighted by Crippen LogP contribution is -2.14. The summed E-state index contributed by atoms with van der Waals surface area (Å²) in [7, 11) is 0. The highest BCUT2D eigenvalue weighted by atomic mass is 16.3. The number of aliphatic hydroxyl groups excluding tert-OH is 1. The molecule has 18 heavy (non-hydrogen) atoms. The molecule has 3 rings (SSSR count). The summed E-state index contributed by atoms with van der Waals surface area (Å²) < 4.78 is 0. The third kappa shape index (κ3) is 1.67. The van der Waals surface area contributed by atoms with Crippen LogP contribution in [0.25, 0.3) is 21.5 Å². The first-order valence-electron chi connectivity index (χ1n) is 6.08. The fraction of sp³-hybridized carbons (Fsp3) is 0.125. The van der Waals surface area contributed by atoms with E-state index in [1.807, 2.05) is 24.3 Å². The van der Waals surface area contributed by atoms with Crippen molar-refractivity contribution in [1.29, 1.82) is 0 Å². The third-order valence-electron chi connectivity index (χ3n) is 3.40. The highest BCUT2D eigenvalue weighted by Gasteiger charge is 2.11. The second kappa shape index (κ2) is 4.41. The molecule has 0 aliphatic carbocycles. The predicted octanol–water partition coefficient (Wildman–Crippen LogP) is 2.99. The molecule has 3 N–H and O–H groups in total. The van der Waals surface area contributed by atoms with Gasteiger partial charge >= 0.3 is 0 Å². The quantitative estimate of drug-likeness (QED) is 0.673. The highest BCUT2D eigenvalue weighted by Crippen LogP contribution is 2.30. The maximum atomic E-state index is 9.29. The van der Waals surface area contributed by atoms with Gasteiger partial charge in [0.1, 0.15) is 0 Å². The molecule has 0 amide bonds. The van der Waals surface area contributed by atoms with Crippen molar-refractivity contribution in [3.05, 3.63) is 60.2 Å². The maximum Gasteiger partial charge on any atom is 0.0624 e.